The van der Waals surface area contributed by atoms with Crippen LogP contribution in [0.5, 0.6) is 5.75 Å². The largest absolute Gasteiger partial charge is 0.508 e. The highest BCUT2D eigenvalue weighted by molar-refractivity contribution is 6.03. The number of rotatable bonds is 3. The Balaban J connectivity index is 1.77. The predicted molar refractivity (Wildman–Crippen MR) is 102 cm³/mol. The Labute approximate surface area is 147 Å². The fourth-order valence-electron chi connectivity index (χ4n) is 3.26. The fraction of sp³-hybridized carbons (Fsp3) is 0.136. The van der Waals surface area contributed by atoms with Gasteiger partial charge in [-0.3, -0.25) is 5.01 Å². The number of aromatic hydroxyl groups is 1. The molecule has 3 aromatic carbocycles. The average molecular weight is 328 g/mol. The maximum Gasteiger partial charge on any atom is 0.120 e. The van der Waals surface area contributed by atoms with Crippen LogP contribution in [-0.4, -0.2) is 10.8 Å². The van der Waals surface area contributed by atoms with Gasteiger partial charge in [-0.2, -0.15) is 5.10 Å². The highest BCUT2D eigenvalue weighted by atomic mass is 16.3. The lowest BCUT2D eigenvalue weighted by Crippen LogP contribution is -2.18. The van der Waals surface area contributed by atoms with Crippen LogP contribution in [-0.2, 0) is 0 Å². The third-order valence-corrected chi connectivity index (χ3v) is 4.61. The van der Waals surface area contributed by atoms with E-state index in [0.717, 1.165) is 28.9 Å². The normalized spacial score (nSPS) is 16.8. The van der Waals surface area contributed by atoms with E-state index >= 15 is 0 Å². The van der Waals surface area contributed by atoms with Crippen LogP contribution in [0.2, 0.25) is 0 Å². The van der Waals surface area contributed by atoms with E-state index in [1.165, 1.54) is 5.56 Å². The van der Waals surface area contributed by atoms with Crippen molar-refractivity contribution in [1.29, 1.82) is 0 Å². The lowest BCUT2D eigenvalue weighted by molar-refractivity contribution is 0.461. The molecule has 1 atom stereocenters. The number of nitrogens with zero attached hydrogens (tertiary/aromatic N) is 2. The molecule has 1 unspecified atom stereocenters. The van der Waals surface area contributed by atoms with Gasteiger partial charge in [-0.1, -0.05) is 66.2 Å². The number of aryl methyl sites for hydroxylation is 1. The molecule has 1 N–H and O–H groups in total. The Morgan fingerprint density at radius 1 is 0.880 bits per heavy atom. The second-order valence-corrected chi connectivity index (χ2v) is 6.37. The van der Waals surface area contributed by atoms with Gasteiger partial charge in [0.1, 0.15) is 5.75 Å². The monoisotopic (exact) mass is 328 g/mol. The summed E-state index contributed by atoms with van der Waals surface area (Å²) in [6, 6.07) is 26.1. The van der Waals surface area contributed by atoms with Crippen molar-refractivity contribution in [2.75, 3.05) is 5.01 Å². The lowest BCUT2D eigenvalue weighted by atomic mass is 9.97. The number of phenols is 1. The molecule has 0 saturated heterocycles. The van der Waals surface area contributed by atoms with Gasteiger partial charge in [0.2, 0.25) is 0 Å². The highest BCUT2D eigenvalue weighted by Crippen LogP contribution is 2.39. The minimum atomic E-state index is -0.0140. The third-order valence-electron chi connectivity index (χ3n) is 4.61. The van der Waals surface area contributed by atoms with Crippen molar-refractivity contribution in [1.82, 2.24) is 0 Å². The number of hydrogen-bond acceptors (Lipinski definition) is 3. The van der Waals surface area contributed by atoms with Crippen LogP contribution in [0.4, 0.5) is 5.69 Å². The third kappa shape index (κ3) is 3.01. The van der Waals surface area contributed by atoms with Crippen LogP contribution in [0, 0.1) is 6.92 Å². The zero-order valence-electron chi connectivity index (χ0n) is 14.1. The Morgan fingerprint density at radius 2 is 1.56 bits per heavy atom. The summed E-state index contributed by atoms with van der Waals surface area (Å²) in [5, 5.41) is 17.3. The molecule has 0 amide bonds. The lowest BCUT2D eigenvalue weighted by Gasteiger charge is -2.24. The summed E-state index contributed by atoms with van der Waals surface area (Å²) in [4.78, 5) is 0. The molecule has 4 rings (SSSR count). The SMILES string of the molecule is Cc1ccc(C2=NN(c3ccccc3)C(c3ccccc3O)C2)cc1. The summed E-state index contributed by atoms with van der Waals surface area (Å²) >= 11 is 0. The molecule has 1 heterocycles. The second-order valence-electron chi connectivity index (χ2n) is 6.37. The smallest absolute Gasteiger partial charge is 0.120 e. The van der Waals surface area contributed by atoms with Gasteiger partial charge in [0.15, 0.2) is 0 Å². The molecular formula is C22H20N2O. The van der Waals surface area contributed by atoms with Crippen molar-refractivity contribution in [3.8, 4) is 5.75 Å². The van der Waals surface area contributed by atoms with E-state index < -0.39 is 0 Å². The van der Waals surface area contributed by atoms with E-state index in [2.05, 4.69) is 43.3 Å². The van der Waals surface area contributed by atoms with Gasteiger partial charge in [-0.25, -0.2) is 0 Å². The van der Waals surface area contributed by atoms with E-state index in [4.69, 9.17) is 5.10 Å². The van der Waals surface area contributed by atoms with Crippen LogP contribution < -0.4 is 5.01 Å². The molecule has 0 saturated carbocycles. The van der Waals surface area contributed by atoms with Crippen molar-refractivity contribution in [2.45, 2.75) is 19.4 Å². The minimum absolute atomic E-state index is 0.0140. The summed E-state index contributed by atoms with van der Waals surface area (Å²) in [5.74, 6) is 0.314. The first kappa shape index (κ1) is 15.5. The Hall–Kier alpha value is -3.07. The molecule has 0 spiro atoms. The zero-order chi connectivity index (χ0) is 17.2. The number of hydrazone groups is 1. The first-order valence-corrected chi connectivity index (χ1v) is 8.49. The topological polar surface area (TPSA) is 35.8 Å². The maximum atomic E-state index is 10.4. The molecule has 3 nitrogen and oxygen atoms in total. The van der Waals surface area contributed by atoms with E-state index in [1.807, 2.05) is 41.4 Å². The molecule has 0 aromatic heterocycles. The van der Waals surface area contributed by atoms with Gasteiger partial charge < -0.3 is 5.11 Å². The molecular weight excluding hydrogens is 308 g/mol. The van der Waals surface area contributed by atoms with Crippen LogP contribution in [0.3, 0.4) is 0 Å². The summed E-state index contributed by atoms with van der Waals surface area (Å²) in [6.07, 6.45) is 0.759. The summed E-state index contributed by atoms with van der Waals surface area (Å²) in [6.45, 7) is 2.08. The fourth-order valence-corrected chi connectivity index (χ4v) is 3.26. The van der Waals surface area contributed by atoms with E-state index in [0.29, 0.717) is 5.75 Å². The van der Waals surface area contributed by atoms with Gasteiger partial charge in [-0.15, -0.1) is 0 Å². The summed E-state index contributed by atoms with van der Waals surface area (Å²) in [7, 11) is 0. The Morgan fingerprint density at radius 3 is 2.28 bits per heavy atom. The van der Waals surface area contributed by atoms with Crippen molar-refractivity contribution in [2.24, 2.45) is 5.10 Å². The highest BCUT2D eigenvalue weighted by Gasteiger charge is 2.31. The molecule has 124 valence electrons. The van der Waals surface area contributed by atoms with Crippen LogP contribution >= 0.6 is 0 Å². The summed E-state index contributed by atoms with van der Waals surface area (Å²) < 4.78 is 0. The minimum Gasteiger partial charge on any atom is -0.508 e. The molecule has 1 aliphatic rings. The maximum absolute atomic E-state index is 10.4. The number of para-hydroxylation sites is 2. The number of hydrogen-bond donors (Lipinski definition) is 1. The molecule has 0 radical (unpaired) electrons. The van der Waals surface area contributed by atoms with Gasteiger partial charge >= 0.3 is 0 Å². The van der Waals surface area contributed by atoms with Crippen LogP contribution in [0.1, 0.15) is 29.2 Å². The Kier molecular flexibility index (Phi) is 3.98. The second kappa shape index (κ2) is 6.44. The van der Waals surface area contributed by atoms with Gasteiger partial charge in [0, 0.05) is 12.0 Å². The first-order valence-electron chi connectivity index (χ1n) is 8.49. The number of phenolic OH excluding ortho intramolecular Hbond substituents is 1. The van der Waals surface area contributed by atoms with E-state index in [9.17, 15) is 5.11 Å². The van der Waals surface area contributed by atoms with E-state index in [1.54, 1.807) is 6.07 Å². The van der Waals surface area contributed by atoms with Gasteiger partial charge in [0.25, 0.3) is 0 Å². The van der Waals surface area contributed by atoms with Crippen molar-refractivity contribution in [3.63, 3.8) is 0 Å². The number of anilines is 1. The standard InChI is InChI=1S/C22H20N2O/c1-16-11-13-17(14-12-16)20-15-21(19-9-5-6-10-22(19)25)24(23-20)18-7-3-2-4-8-18/h2-14,21,25H,15H2,1H3. The molecule has 25 heavy (non-hydrogen) atoms. The van der Waals surface area contributed by atoms with Gasteiger partial charge in [-0.05, 0) is 30.7 Å². The van der Waals surface area contributed by atoms with E-state index in [-0.39, 0.29) is 6.04 Å². The Bertz CT molecular complexity index is 901. The summed E-state index contributed by atoms with van der Waals surface area (Å²) in [5.41, 5.74) is 5.33. The molecule has 1 aliphatic heterocycles. The molecule has 0 aliphatic carbocycles. The zero-order valence-corrected chi connectivity index (χ0v) is 14.1. The van der Waals surface area contributed by atoms with Crippen LogP contribution in [0.25, 0.3) is 0 Å². The molecule has 3 aromatic rings. The van der Waals surface area contributed by atoms with Crippen molar-refractivity contribution in [3.05, 3.63) is 95.6 Å². The van der Waals surface area contributed by atoms with Gasteiger partial charge in [0.05, 0.1) is 17.4 Å². The van der Waals surface area contributed by atoms with Crippen LogP contribution in [0.15, 0.2) is 84.0 Å². The number of benzene rings is 3. The predicted octanol–water partition coefficient (Wildman–Crippen LogP) is 5.06. The van der Waals surface area contributed by atoms with Crippen molar-refractivity contribution < 1.29 is 5.11 Å². The quantitative estimate of drug-likeness (QED) is 0.730. The molecule has 0 fully saturated rings. The first-order chi connectivity index (χ1) is 12.2. The molecule has 0 bridgehead atoms. The van der Waals surface area contributed by atoms with Crippen molar-refractivity contribution >= 4 is 11.4 Å². The average Bonchev–Trinajstić information content (AvgIpc) is 3.08. The molecule has 3 heteroatoms.